The molecule has 0 bridgehead atoms. The molecular formula is C19H31N3O. The lowest BCUT2D eigenvalue weighted by molar-refractivity contribution is 0.135. The Morgan fingerprint density at radius 1 is 1.30 bits per heavy atom. The number of piperidine rings is 1. The second kappa shape index (κ2) is 8.34. The minimum Gasteiger partial charge on any atom is -0.338 e. The zero-order chi connectivity index (χ0) is 16.8. The maximum atomic E-state index is 12.0. The van der Waals surface area contributed by atoms with Crippen LogP contribution in [0.15, 0.2) is 18.2 Å². The van der Waals surface area contributed by atoms with Gasteiger partial charge in [0.15, 0.2) is 0 Å². The van der Waals surface area contributed by atoms with Gasteiger partial charge in [-0.1, -0.05) is 6.07 Å². The van der Waals surface area contributed by atoms with Gasteiger partial charge in [0.1, 0.15) is 0 Å². The molecule has 2 amide bonds. The summed E-state index contributed by atoms with van der Waals surface area (Å²) < 4.78 is 0. The van der Waals surface area contributed by atoms with Crippen molar-refractivity contribution in [2.24, 2.45) is 5.92 Å². The SMILES string of the molecule is Cc1ccc(NC(=O)NCCC2CCCN(C(C)C)C2)cc1C. The van der Waals surface area contributed by atoms with Crippen molar-refractivity contribution in [1.29, 1.82) is 0 Å². The van der Waals surface area contributed by atoms with Crippen LogP contribution in [0.25, 0.3) is 0 Å². The van der Waals surface area contributed by atoms with Gasteiger partial charge in [0.25, 0.3) is 0 Å². The Hall–Kier alpha value is -1.55. The van der Waals surface area contributed by atoms with Crippen molar-refractivity contribution in [3.63, 3.8) is 0 Å². The molecule has 4 nitrogen and oxygen atoms in total. The van der Waals surface area contributed by atoms with E-state index in [-0.39, 0.29) is 6.03 Å². The summed E-state index contributed by atoms with van der Waals surface area (Å²) in [5, 5.41) is 5.90. The van der Waals surface area contributed by atoms with Gasteiger partial charge < -0.3 is 15.5 Å². The molecule has 0 radical (unpaired) electrons. The number of nitrogens with zero attached hydrogens (tertiary/aromatic N) is 1. The quantitative estimate of drug-likeness (QED) is 0.864. The number of carbonyl (C=O) groups is 1. The van der Waals surface area contributed by atoms with Crippen LogP contribution >= 0.6 is 0 Å². The Bertz CT molecular complexity index is 527. The first-order valence-corrected chi connectivity index (χ1v) is 8.82. The molecule has 1 saturated heterocycles. The van der Waals surface area contributed by atoms with E-state index in [2.05, 4.69) is 43.2 Å². The minimum absolute atomic E-state index is 0.107. The molecule has 0 aromatic heterocycles. The lowest BCUT2D eigenvalue weighted by atomic mass is 9.94. The largest absolute Gasteiger partial charge is 0.338 e. The lowest BCUT2D eigenvalue weighted by Gasteiger charge is -2.35. The fourth-order valence-corrected chi connectivity index (χ4v) is 3.19. The summed E-state index contributed by atoms with van der Waals surface area (Å²) in [6.07, 6.45) is 3.62. The molecular weight excluding hydrogens is 286 g/mol. The van der Waals surface area contributed by atoms with Crippen molar-refractivity contribution in [1.82, 2.24) is 10.2 Å². The van der Waals surface area contributed by atoms with Crippen LogP contribution in [-0.2, 0) is 0 Å². The second-order valence-corrected chi connectivity index (χ2v) is 7.07. The van der Waals surface area contributed by atoms with Gasteiger partial charge in [0.05, 0.1) is 0 Å². The fourth-order valence-electron chi connectivity index (χ4n) is 3.19. The molecule has 1 heterocycles. The molecule has 1 unspecified atom stereocenters. The molecule has 128 valence electrons. The van der Waals surface area contributed by atoms with Crippen LogP contribution in [0.2, 0.25) is 0 Å². The molecule has 23 heavy (non-hydrogen) atoms. The predicted molar refractivity (Wildman–Crippen MR) is 97.0 cm³/mol. The van der Waals surface area contributed by atoms with Gasteiger partial charge in [-0.05, 0) is 82.7 Å². The third kappa shape index (κ3) is 5.54. The molecule has 1 aromatic rings. The van der Waals surface area contributed by atoms with Gasteiger partial charge in [-0.2, -0.15) is 0 Å². The van der Waals surface area contributed by atoms with Crippen molar-refractivity contribution >= 4 is 11.7 Å². The van der Waals surface area contributed by atoms with Gasteiger partial charge in [0, 0.05) is 24.8 Å². The molecule has 1 aliphatic heterocycles. The van der Waals surface area contributed by atoms with Crippen molar-refractivity contribution < 1.29 is 4.79 Å². The Labute approximate surface area is 140 Å². The Morgan fingerprint density at radius 2 is 2.09 bits per heavy atom. The van der Waals surface area contributed by atoms with Crippen LogP contribution in [0.1, 0.15) is 44.2 Å². The summed E-state index contributed by atoms with van der Waals surface area (Å²) in [5.41, 5.74) is 3.29. The molecule has 2 N–H and O–H groups in total. The van der Waals surface area contributed by atoms with E-state index in [0.717, 1.165) is 25.2 Å². The number of likely N-dealkylation sites (tertiary alicyclic amines) is 1. The highest BCUT2D eigenvalue weighted by atomic mass is 16.2. The maximum absolute atomic E-state index is 12.0. The molecule has 0 saturated carbocycles. The van der Waals surface area contributed by atoms with Crippen molar-refractivity contribution in [2.75, 3.05) is 25.0 Å². The monoisotopic (exact) mass is 317 g/mol. The van der Waals surface area contributed by atoms with E-state index in [9.17, 15) is 4.79 Å². The van der Waals surface area contributed by atoms with Gasteiger partial charge in [0.2, 0.25) is 0 Å². The number of hydrogen-bond acceptors (Lipinski definition) is 2. The van der Waals surface area contributed by atoms with Crippen molar-refractivity contribution in [2.45, 2.75) is 53.0 Å². The number of amides is 2. The number of carbonyl (C=O) groups excluding carboxylic acids is 1. The van der Waals surface area contributed by atoms with E-state index in [1.165, 1.54) is 30.5 Å². The molecule has 0 aliphatic carbocycles. The van der Waals surface area contributed by atoms with E-state index >= 15 is 0 Å². The van der Waals surface area contributed by atoms with Crippen molar-refractivity contribution in [3.8, 4) is 0 Å². The summed E-state index contributed by atoms with van der Waals surface area (Å²) in [4.78, 5) is 14.5. The van der Waals surface area contributed by atoms with Gasteiger partial charge >= 0.3 is 6.03 Å². The Kier molecular flexibility index (Phi) is 6.46. The fraction of sp³-hybridized carbons (Fsp3) is 0.632. The number of rotatable bonds is 5. The summed E-state index contributed by atoms with van der Waals surface area (Å²) in [5.74, 6) is 0.702. The average molecular weight is 317 g/mol. The highest BCUT2D eigenvalue weighted by molar-refractivity contribution is 5.89. The number of hydrogen-bond donors (Lipinski definition) is 2. The van der Waals surface area contributed by atoms with Crippen molar-refractivity contribution in [3.05, 3.63) is 29.3 Å². The minimum atomic E-state index is -0.107. The summed E-state index contributed by atoms with van der Waals surface area (Å²) in [6.45, 7) is 11.8. The molecule has 4 heteroatoms. The van der Waals surface area contributed by atoms with E-state index in [1.54, 1.807) is 0 Å². The Morgan fingerprint density at radius 3 is 2.78 bits per heavy atom. The summed E-state index contributed by atoms with van der Waals surface area (Å²) in [7, 11) is 0. The van der Waals surface area contributed by atoms with Gasteiger partial charge in [-0.25, -0.2) is 4.79 Å². The van der Waals surface area contributed by atoms with E-state index in [1.807, 2.05) is 18.2 Å². The second-order valence-electron chi connectivity index (χ2n) is 7.07. The Balaban J connectivity index is 1.71. The first-order chi connectivity index (χ1) is 11.0. The van der Waals surface area contributed by atoms with E-state index in [0.29, 0.717) is 12.0 Å². The zero-order valence-electron chi connectivity index (χ0n) is 15.0. The highest BCUT2D eigenvalue weighted by Gasteiger charge is 2.21. The van der Waals surface area contributed by atoms with E-state index < -0.39 is 0 Å². The summed E-state index contributed by atoms with van der Waals surface area (Å²) >= 11 is 0. The van der Waals surface area contributed by atoms with Crippen LogP contribution < -0.4 is 10.6 Å². The smallest absolute Gasteiger partial charge is 0.319 e. The molecule has 1 fully saturated rings. The standard InChI is InChI=1S/C19H31N3O/c1-14(2)22-11-5-6-17(13-22)9-10-20-19(23)21-18-8-7-15(3)16(4)12-18/h7-8,12,14,17H,5-6,9-11,13H2,1-4H3,(H2,20,21,23). The number of nitrogens with one attached hydrogen (secondary N) is 2. The normalized spacial score (nSPS) is 18.9. The third-order valence-corrected chi connectivity index (χ3v) is 4.88. The topological polar surface area (TPSA) is 44.4 Å². The molecule has 1 aliphatic rings. The van der Waals surface area contributed by atoms with Gasteiger partial charge in [-0.3, -0.25) is 0 Å². The summed E-state index contributed by atoms with van der Waals surface area (Å²) in [6, 6.07) is 6.51. The van der Waals surface area contributed by atoms with Gasteiger partial charge in [-0.15, -0.1) is 0 Å². The number of aryl methyl sites for hydroxylation is 2. The number of urea groups is 1. The lowest BCUT2D eigenvalue weighted by Crippen LogP contribution is -2.41. The molecule has 1 atom stereocenters. The molecule has 1 aromatic carbocycles. The number of anilines is 1. The highest BCUT2D eigenvalue weighted by Crippen LogP contribution is 2.20. The maximum Gasteiger partial charge on any atom is 0.319 e. The first kappa shape index (κ1) is 17.8. The van der Waals surface area contributed by atoms with Crippen LogP contribution in [0.3, 0.4) is 0 Å². The zero-order valence-corrected chi connectivity index (χ0v) is 15.0. The third-order valence-electron chi connectivity index (χ3n) is 4.88. The molecule has 2 rings (SSSR count). The van der Waals surface area contributed by atoms with Crippen LogP contribution in [0, 0.1) is 19.8 Å². The first-order valence-electron chi connectivity index (χ1n) is 8.82. The number of benzene rings is 1. The average Bonchev–Trinajstić information content (AvgIpc) is 2.51. The molecule has 0 spiro atoms. The predicted octanol–water partition coefficient (Wildman–Crippen LogP) is 3.94. The van der Waals surface area contributed by atoms with E-state index in [4.69, 9.17) is 0 Å². The van der Waals surface area contributed by atoms with Crippen LogP contribution in [-0.4, -0.2) is 36.6 Å². The van der Waals surface area contributed by atoms with Crippen LogP contribution in [0.5, 0.6) is 0 Å². The van der Waals surface area contributed by atoms with Crippen LogP contribution in [0.4, 0.5) is 10.5 Å².